The molecule has 17 atom stereocenters. The van der Waals surface area contributed by atoms with Crippen molar-refractivity contribution in [3.8, 4) is 0 Å². The van der Waals surface area contributed by atoms with Crippen LogP contribution in [0.5, 0.6) is 0 Å². The number of aliphatic hydroxyl groups excluding tert-OH is 4. The Bertz CT molecular complexity index is 953. The first-order valence-electron chi connectivity index (χ1n) is 16.3. The molecule has 0 aromatic heterocycles. The van der Waals surface area contributed by atoms with Crippen LogP contribution in [-0.4, -0.2) is 82.3 Å². The maximum atomic E-state index is 11.1. The van der Waals surface area contributed by atoms with Gasteiger partial charge in [0.15, 0.2) is 12.1 Å². The molecule has 0 bridgehead atoms. The van der Waals surface area contributed by atoms with E-state index in [4.69, 9.17) is 18.9 Å². The highest BCUT2D eigenvalue weighted by molar-refractivity contribution is 5.16. The van der Waals surface area contributed by atoms with Gasteiger partial charge in [0.05, 0.1) is 31.5 Å². The second kappa shape index (κ2) is 9.85. The zero-order valence-corrected chi connectivity index (χ0v) is 24.8. The number of rotatable bonds is 2. The predicted molar refractivity (Wildman–Crippen MR) is 146 cm³/mol. The summed E-state index contributed by atoms with van der Waals surface area (Å²) in [5, 5.41) is 41.6. The van der Waals surface area contributed by atoms with Crippen molar-refractivity contribution in [2.24, 2.45) is 52.3 Å². The second-order valence-electron chi connectivity index (χ2n) is 15.6. The van der Waals surface area contributed by atoms with Gasteiger partial charge in [-0.3, -0.25) is 0 Å². The van der Waals surface area contributed by atoms with E-state index < -0.39 is 36.8 Å². The summed E-state index contributed by atoms with van der Waals surface area (Å²) in [6.45, 7) is 10.4. The summed E-state index contributed by atoms with van der Waals surface area (Å²) >= 11 is 0. The highest BCUT2D eigenvalue weighted by atomic mass is 16.7. The van der Waals surface area contributed by atoms with E-state index in [9.17, 15) is 20.4 Å². The van der Waals surface area contributed by atoms with E-state index in [0.717, 1.165) is 32.3 Å². The summed E-state index contributed by atoms with van der Waals surface area (Å²) in [5.74, 6) is 3.52. The van der Waals surface area contributed by atoms with E-state index in [1.807, 2.05) is 0 Å². The van der Waals surface area contributed by atoms with Crippen molar-refractivity contribution >= 4 is 0 Å². The average molecular weight is 565 g/mol. The molecule has 0 aromatic rings. The van der Waals surface area contributed by atoms with Crippen LogP contribution in [0, 0.1) is 52.3 Å². The highest BCUT2D eigenvalue weighted by Gasteiger charge is 2.69. The van der Waals surface area contributed by atoms with Crippen LogP contribution in [-0.2, 0) is 18.9 Å². The Kier molecular flexibility index (Phi) is 7.00. The lowest BCUT2D eigenvalue weighted by atomic mass is 9.44. The molecule has 0 amide bonds. The van der Waals surface area contributed by atoms with Gasteiger partial charge in [0.2, 0.25) is 0 Å². The third-order valence-electron chi connectivity index (χ3n) is 13.7. The lowest BCUT2D eigenvalue weighted by Gasteiger charge is -2.62. The number of hydrogen-bond acceptors (Lipinski definition) is 8. The monoisotopic (exact) mass is 564 g/mol. The smallest absolute Gasteiger partial charge is 0.186 e. The molecule has 0 radical (unpaired) electrons. The third-order valence-corrected chi connectivity index (χ3v) is 13.7. The molecule has 7 fully saturated rings. The first kappa shape index (κ1) is 28.5. The molecule has 7 rings (SSSR count). The second-order valence-corrected chi connectivity index (χ2v) is 15.6. The van der Waals surface area contributed by atoms with Crippen molar-refractivity contribution in [1.82, 2.24) is 0 Å². The van der Waals surface area contributed by atoms with E-state index in [-0.39, 0.29) is 23.2 Å². The topological polar surface area (TPSA) is 118 Å². The molecular weight excluding hydrogens is 512 g/mol. The first-order valence-corrected chi connectivity index (χ1v) is 16.3. The van der Waals surface area contributed by atoms with E-state index in [2.05, 4.69) is 27.7 Å². The molecule has 4 N–H and O–H groups in total. The molecule has 4 aliphatic carbocycles. The molecule has 3 heterocycles. The zero-order valence-electron chi connectivity index (χ0n) is 24.8. The van der Waals surface area contributed by atoms with Gasteiger partial charge < -0.3 is 39.4 Å². The lowest BCUT2D eigenvalue weighted by molar-refractivity contribution is -0.301. The van der Waals surface area contributed by atoms with Crippen molar-refractivity contribution in [3.63, 3.8) is 0 Å². The van der Waals surface area contributed by atoms with Gasteiger partial charge in [-0.05, 0) is 97.7 Å². The SMILES string of the molecule is C[C@@H]1CC[C@@]2(OC1)O[C@H]1C[C@H]3[C@H]4CC[C@@H]5C[C@H](O)[C@@H](O[C@@H]6OC[C@H](O)[C@H](O)[C@H]6O)C[C@]5(C)[C@H]4CC[C@]3(C)[C@H]1[C@@H]2C. The fourth-order valence-electron chi connectivity index (χ4n) is 11.5. The Labute approximate surface area is 239 Å². The summed E-state index contributed by atoms with van der Waals surface area (Å²) < 4.78 is 25.2. The van der Waals surface area contributed by atoms with Crippen LogP contribution in [0.4, 0.5) is 0 Å². The summed E-state index contributed by atoms with van der Waals surface area (Å²) in [6, 6.07) is 0. The predicted octanol–water partition coefficient (Wildman–Crippen LogP) is 3.23. The van der Waals surface area contributed by atoms with Crippen molar-refractivity contribution in [1.29, 1.82) is 0 Å². The first-order chi connectivity index (χ1) is 19.0. The van der Waals surface area contributed by atoms with Gasteiger partial charge in [-0.1, -0.05) is 27.7 Å². The molecule has 0 aromatic carbocycles. The summed E-state index contributed by atoms with van der Waals surface area (Å²) in [5.41, 5.74) is 0.311. The normalized spacial score (nSPS) is 61.5. The molecule has 8 heteroatoms. The molecule has 228 valence electrons. The van der Waals surface area contributed by atoms with Gasteiger partial charge in [0.1, 0.15) is 18.3 Å². The van der Waals surface area contributed by atoms with Crippen LogP contribution >= 0.6 is 0 Å². The van der Waals surface area contributed by atoms with Crippen LogP contribution in [0.2, 0.25) is 0 Å². The number of ether oxygens (including phenoxy) is 4. The largest absolute Gasteiger partial charge is 0.390 e. The third kappa shape index (κ3) is 4.06. The Morgan fingerprint density at radius 2 is 1.60 bits per heavy atom. The molecule has 4 saturated carbocycles. The maximum absolute atomic E-state index is 11.1. The van der Waals surface area contributed by atoms with Crippen molar-refractivity contribution in [2.75, 3.05) is 13.2 Å². The minimum atomic E-state index is -1.34. The van der Waals surface area contributed by atoms with Gasteiger partial charge >= 0.3 is 0 Å². The Balaban J connectivity index is 1.09. The van der Waals surface area contributed by atoms with Crippen LogP contribution in [0.15, 0.2) is 0 Å². The van der Waals surface area contributed by atoms with Gasteiger partial charge in [-0.2, -0.15) is 0 Å². The number of aliphatic hydroxyl groups is 4. The molecule has 3 aliphatic heterocycles. The summed E-state index contributed by atoms with van der Waals surface area (Å²) in [7, 11) is 0. The minimum Gasteiger partial charge on any atom is -0.390 e. The van der Waals surface area contributed by atoms with E-state index in [0.29, 0.717) is 54.0 Å². The average Bonchev–Trinajstić information content (AvgIpc) is 3.36. The quantitative estimate of drug-likeness (QED) is 0.378. The molecule has 40 heavy (non-hydrogen) atoms. The zero-order chi connectivity index (χ0) is 28.2. The van der Waals surface area contributed by atoms with E-state index in [1.165, 1.54) is 25.7 Å². The summed E-state index contributed by atoms with van der Waals surface area (Å²) in [4.78, 5) is 0. The van der Waals surface area contributed by atoms with Gasteiger partial charge in [0, 0.05) is 12.3 Å². The minimum absolute atomic E-state index is 0.0416. The molecule has 7 aliphatic rings. The molecule has 1 spiro atoms. The molecule has 0 unspecified atom stereocenters. The Hall–Kier alpha value is -0.320. The van der Waals surface area contributed by atoms with Crippen molar-refractivity contribution in [3.05, 3.63) is 0 Å². The van der Waals surface area contributed by atoms with Crippen molar-refractivity contribution in [2.45, 2.75) is 134 Å². The number of fused-ring (bicyclic) bond motifs is 7. The molecule has 3 saturated heterocycles. The van der Waals surface area contributed by atoms with Crippen LogP contribution < -0.4 is 0 Å². The van der Waals surface area contributed by atoms with Gasteiger partial charge in [-0.25, -0.2) is 0 Å². The Morgan fingerprint density at radius 3 is 2.35 bits per heavy atom. The molecule has 8 nitrogen and oxygen atoms in total. The van der Waals surface area contributed by atoms with E-state index in [1.54, 1.807) is 0 Å². The number of hydrogen-bond donors (Lipinski definition) is 4. The van der Waals surface area contributed by atoms with Crippen molar-refractivity contribution < 1.29 is 39.4 Å². The van der Waals surface area contributed by atoms with E-state index >= 15 is 0 Å². The standard InChI is InChI=1S/C32H52O8/c1-16-7-10-32(38-14-16)17(2)26-24(40-32)12-21-19-6-5-18-11-22(33)25(39-29-28(36)27(35)23(34)15-37-29)13-31(18,4)20(19)8-9-30(21,26)3/h16-29,33-36H,5-15H2,1-4H3/t16-,17+,18-,19+,20+,21+,22+,23+,24+,25+,26+,27+,28-,29+,30+,31+,32-/m1/s1. The maximum Gasteiger partial charge on any atom is 0.186 e. The fourth-order valence-corrected chi connectivity index (χ4v) is 11.5. The van der Waals surface area contributed by atoms with Gasteiger partial charge in [0.25, 0.3) is 0 Å². The molecular formula is C32H52O8. The highest BCUT2D eigenvalue weighted by Crippen LogP contribution is 2.71. The van der Waals surface area contributed by atoms with Crippen LogP contribution in [0.3, 0.4) is 0 Å². The van der Waals surface area contributed by atoms with Crippen LogP contribution in [0.1, 0.15) is 85.5 Å². The van der Waals surface area contributed by atoms with Gasteiger partial charge in [-0.15, -0.1) is 0 Å². The summed E-state index contributed by atoms with van der Waals surface area (Å²) in [6.07, 6.45) is 3.91. The lowest BCUT2D eigenvalue weighted by Crippen LogP contribution is -2.59. The fraction of sp³-hybridized carbons (Fsp3) is 1.00. The Morgan fingerprint density at radius 1 is 0.800 bits per heavy atom. The van der Waals surface area contributed by atoms with Crippen LogP contribution in [0.25, 0.3) is 0 Å².